The Hall–Kier alpha value is -1.88. The average molecular weight is 301 g/mol. The maximum Gasteiger partial charge on any atom is 0.274 e. The van der Waals surface area contributed by atoms with Gasteiger partial charge in [0.15, 0.2) is 0 Å². The summed E-state index contributed by atoms with van der Waals surface area (Å²) in [7, 11) is 1.66. The van der Waals surface area contributed by atoms with Crippen molar-refractivity contribution in [2.45, 2.75) is 32.2 Å². The highest BCUT2D eigenvalue weighted by Crippen LogP contribution is 2.19. The van der Waals surface area contributed by atoms with Gasteiger partial charge < -0.3 is 9.64 Å². The van der Waals surface area contributed by atoms with Gasteiger partial charge in [0.05, 0.1) is 18.2 Å². The Morgan fingerprint density at radius 3 is 3.05 bits per heavy atom. The molecular formula is C17H23N3O2. The second kappa shape index (κ2) is 6.48. The van der Waals surface area contributed by atoms with E-state index in [1.165, 1.54) is 24.1 Å². The van der Waals surface area contributed by atoms with Crippen molar-refractivity contribution < 1.29 is 4.74 Å². The topological polar surface area (TPSA) is 47.4 Å². The second-order valence-corrected chi connectivity index (χ2v) is 6.05. The predicted molar refractivity (Wildman–Crippen MR) is 87.4 cm³/mol. The maximum atomic E-state index is 12.1. The molecule has 0 unspecified atom stereocenters. The van der Waals surface area contributed by atoms with Crippen molar-refractivity contribution in [3.05, 3.63) is 34.7 Å². The lowest BCUT2D eigenvalue weighted by Gasteiger charge is -2.20. The summed E-state index contributed by atoms with van der Waals surface area (Å²) in [6.45, 7) is 5.27. The first-order chi connectivity index (χ1) is 10.6. The Morgan fingerprint density at radius 1 is 1.41 bits per heavy atom. The van der Waals surface area contributed by atoms with E-state index in [0.29, 0.717) is 18.0 Å². The summed E-state index contributed by atoms with van der Waals surface area (Å²) in [4.78, 5) is 14.6. The first-order valence-electron chi connectivity index (χ1n) is 7.98. The monoisotopic (exact) mass is 301 g/mol. The van der Waals surface area contributed by atoms with E-state index in [1.54, 1.807) is 13.2 Å². The van der Waals surface area contributed by atoms with Crippen molar-refractivity contribution in [3.63, 3.8) is 0 Å². The zero-order valence-corrected chi connectivity index (χ0v) is 13.3. The van der Waals surface area contributed by atoms with Gasteiger partial charge >= 0.3 is 0 Å². The molecule has 1 aliphatic heterocycles. The summed E-state index contributed by atoms with van der Waals surface area (Å²) in [5.41, 5.74) is -0.0890. The smallest absolute Gasteiger partial charge is 0.274 e. The van der Waals surface area contributed by atoms with Crippen molar-refractivity contribution >= 4 is 10.8 Å². The number of rotatable bonds is 5. The van der Waals surface area contributed by atoms with Crippen LogP contribution in [-0.2, 0) is 7.05 Å². The minimum absolute atomic E-state index is 0.0890. The molecule has 0 N–H and O–H groups in total. The van der Waals surface area contributed by atoms with Crippen LogP contribution in [0.5, 0.6) is 5.75 Å². The average Bonchev–Trinajstić information content (AvgIpc) is 2.93. The molecule has 0 bridgehead atoms. The number of aryl methyl sites for hydroxylation is 1. The van der Waals surface area contributed by atoms with E-state index in [0.717, 1.165) is 24.1 Å². The van der Waals surface area contributed by atoms with Gasteiger partial charge in [-0.25, -0.2) is 4.68 Å². The normalized spacial score (nSPS) is 18.9. The number of fused-ring (bicyclic) bond motifs is 1. The van der Waals surface area contributed by atoms with Crippen molar-refractivity contribution in [1.29, 1.82) is 0 Å². The molecule has 0 saturated carbocycles. The Kier molecular flexibility index (Phi) is 4.43. The molecule has 1 saturated heterocycles. The molecule has 0 spiro atoms. The van der Waals surface area contributed by atoms with Crippen LogP contribution in [0.2, 0.25) is 0 Å². The molecule has 1 atom stereocenters. The van der Waals surface area contributed by atoms with Crippen molar-refractivity contribution in [2.24, 2.45) is 7.05 Å². The molecule has 2 aromatic rings. The SMILES string of the molecule is C[C@@H]1CCCN1CCCOc1ccc2cnn(C)c(=O)c2c1. The van der Waals surface area contributed by atoms with Gasteiger partial charge in [0, 0.05) is 25.0 Å². The highest BCUT2D eigenvalue weighted by atomic mass is 16.5. The van der Waals surface area contributed by atoms with Crippen LogP contribution < -0.4 is 10.3 Å². The van der Waals surface area contributed by atoms with E-state index in [9.17, 15) is 4.79 Å². The summed E-state index contributed by atoms with van der Waals surface area (Å²) in [6, 6.07) is 6.32. The molecule has 0 radical (unpaired) electrons. The first-order valence-corrected chi connectivity index (χ1v) is 7.98. The Labute approximate surface area is 130 Å². The van der Waals surface area contributed by atoms with Crippen LogP contribution >= 0.6 is 0 Å². The van der Waals surface area contributed by atoms with Gasteiger partial charge in [0.2, 0.25) is 0 Å². The zero-order valence-electron chi connectivity index (χ0n) is 13.3. The number of likely N-dealkylation sites (tertiary alicyclic amines) is 1. The zero-order chi connectivity index (χ0) is 15.5. The van der Waals surface area contributed by atoms with Crippen molar-refractivity contribution in [2.75, 3.05) is 19.7 Å². The molecule has 3 rings (SSSR count). The minimum Gasteiger partial charge on any atom is -0.494 e. The number of hydrogen-bond acceptors (Lipinski definition) is 4. The van der Waals surface area contributed by atoms with Crippen LogP contribution in [0.3, 0.4) is 0 Å². The lowest BCUT2D eigenvalue weighted by atomic mass is 10.2. The van der Waals surface area contributed by atoms with E-state index in [4.69, 9.17) is 4.74 Å². The van der Waals surface area contributed by atoms with Gasteiger partial charge in [0.1, 0.15) is 5.75 Å². The molecule has 118 valence electrons. The lowest BCUT2D eigenvalue weighted by Crippen LogP contribution is -2.28. The summed E-state index contributed by atoms with van der Waals surface area (Å²) in [5.74, 6) is 0.755. The second-order valence-electron chi connectivity index (χ2n) is 6.05. The van der Waals surface area contributed by atoms with Gasteiger partial charge in [0.25, 0.3) is 5.56 Å². The standard InChI is InChI=1S/C17H23N3O2/c1-13-5-3-8-20(13)9-4-10-22-15-7-6-14-12-18-19(2)17(21)16(14)11-15/h6-7,11-13H,3-5,8-10H2,1-2H3/t13-/m1/s1. The molecule has 2 heterocycles. The fourth-order valence-corrected chi connectivity index (χ4v) is 3.08. The Balaban J connectivity index is 1.60. The number of ether oxygens (including phenoxy) is 1. The fourth-order valence-electron chi connectivity index (χ4n) is 3.08. The van der Waals surface area contributed by atoms with Crippen LogP contribution in [-0.4, -0.2) is 40.4 Å². The van der Waals surface area contributed by atoms with E-state index in [1.807, 2.05) is 18.2 Å². The summed E-state index contributed by atoms with van der Waals surface area (Å²) >= 11 is 0. The van der Waals surface area contributed by atoms with E-state index in [-0.39, 0.29) is 5.56 Å². The quantitative estimate of drug-likeness (QED) is 0.794. The van der Waals surface area contributed by atoms with Crippen molar-refractivity contribution in [3.8, 4) is 5.75 Å². The molecule has 1 aromatic heterocycles. The molecule has 0 aliphatic carbocycles. The number of aromatic nitrogens is 2. The molecule has 0 amide bonds. The summed E-state index contributed by atoms with van der Waals surface area (Å²) in [5, 5.41) is 5.53. The highest BCUT2D eigenvalue weighted by Gasteiger charge is 2.19. The molecular weight excluding hydrogens is 278 g/mol. The van der Waals surface area contributed by atoms with Crippen LogP contribution in [0.15, 0.2) is 29.2 Å². The maximum absolute atomic E-state index is 12.1. The summed E-state index contributed by atoms with van der Waals surface area (Å²) in [6.07, 6.45) is 5.33. The van der Waals surface area contributed by atoms with Crippen LogP contribution in [0.4, 0.5) is 0 Å². The van der Waals surface area contributed by atoms with Crippen LogP contribution in [0.25, 0.3) is 10.8 Å². The van der Waals surface area contributed by atoms with E-state index >= 15 is 0 Å². The number of hydrogen-bond donors (Lipinski definition) is 0. The highest BCUT2D eigenvalue weighted by molar-refractivity contribution is 5.82. The molecule has 5 heteroatoms. The van der Waals surface area contributed by atoms with Crippen molar-refractivity contribution in [1.82, 2.24) is 14.7 Å². The molecule has 22 heavy (non-hydrogen) atoms. The van der Waals surface area contributed by atoms with E-state index in [2.05, 4.69) is 16.9 Å². The van der Waals surface area contributed by atoms with Gasteiger partial charge in [-0.15, -0.1) is 0 Å². The number of nitrogens with zero attached hydrogens (tertiary/aromatic N) is 3. The fraction of sp³-hybridized carbons (Fsp3) is 0.529. The third-order valence-electron chi connectivity index (χ3n) is 4.47. The predicted octanol–water partition coefficient (Wildman–Crippen LogP) is 2.19. The van der Waals surface area contributed by atoms with Crippen LogP contribution in [0, 0.1) is 0 Å². The summed E-state index contributed by atoms with van der Waals surface area (Å²) < 4.78 is 7.16. The Morgan fingerprint density at radius 2 is 2.27 bits per heavy atom. The third-order valence-corrected chi connectivity index (χ3v) is 4.47. The van der Waals surface area contributed by atoms with Crippen LogP contribution in [0.1, 0.15) is 26.2 Å². The molecule has 1 aliphatic rings. The van der Waals surface area contributed by atoms with Gasteiger partial charge in [-0.1, -0.05) is 0 Å². The van der Waals surface area contributed by atoms with E-state index < -0.39 is 0 Å². The first kappa shape index (κ1) is 15.0. The molecule has 1 aromatic carbocycles. The van der Waals surface area contributed by atoms with Gasteiger partial charge in [-0.2, -0.15) is 5.10 Å². The largest absolute Gasteiger partial charge is 0.494 e. The third kappa shape index (κ3) is 3.14. The number of benzene rings is 1. The lowest BCUT2D eigenvalue weighted by molar-refractivity contribution is 0.230. The van der Waals surface area contributed by atoms with Gasteiger partial charge in [-0.3, -0.25) is 4.79 Å². The molecule has 1 fully saturated rings. The van der Waals surface area contributed by atoms with Gasteiger partial charge in [-0.05, 0) is 50.9 Å². The Bertz CT molecular complexity index is 711. The molecule has 5 nitrogen and oxygen atoms in total. The minimum atomic E-state index is -0.0890.